The molecule has 0 unspecified atom stereocenters. The monoisotopic (exact) mass is 526 g/mol. The van der Waals surface area contributed by atoms with E-state index in [1.165, 1.54) is 12.8 Å². The van der Waals surface area contributed by atoms with E-state index in [-0.39, 0.29) is 11.8 Å². The number of amides is 2. The van der Waals surface area contributed by atoms with Crippen molar-refractivity contribution in [1.29, 1.82) is 0 Å². The Morgan fingerprint density at radius 1 is 1.00 bits per heavy atom. The second-order valence-corrected chi connectivity index (χ2v) is 9.83. The minimum atomic E-state index is -0.0477. The van der Waals surface area contributed by atoms with Gasteiger partial charge in [0.05, 0.1) is 26.0 Å². The number of hydrogen-bond acceptors (Lipinski definition) is 7. The zero-order valence-corrected chi connectivity index (χ0v) is 21.7. The van der Waals surface area contributed by atoms with Crippen LogP contribution in [-0.2, 0) is 4.74 Å². The molecule has 2 amide bonds. The summed E-state index contributed by atoms with van der Waals surface area (Å²) < 4.78 is 12.6. The zero-order chi connectivity index (χ0) is 26.8. The van der Waals surface area contributed by atoms with Crippen LogP contribution in [0.5, 0.6) is 5.75 Å². The highest BCUT2D eigenvalue weighted by Crippen LogP contribution is 2.29. The van der Waals surface area contributed by atoms with Crippen LogP contribution in [0.2, 0.25) is 0 Å². The van der Waals surface area contributed by atoms with Crippen LogP contribution in [0, 0.1) is 5.92 Å². The van der Waals surface area contributed by atoms with Crippen molar-refractivity contribution in [2.24, 2.45) is 5.92 Å². The Morgan fingerprint density at radius 2 is 1.74 bits per heavy atom. The number of fused-ring (bicyclic) bond motifs is 1. The number of ether oxygens (including phenoxy) is 2. The fourth-order valence-corrected chi connectivity index (χ4v) is 4.58. The summed E-state index contributed by atoms with van der Waals surface area (Å²) in [5.41, 5.74) is 4.46. The van der Waals surface area contributed by atoms with Gasteiger partial charge in [0.2, 0.25) is 5.95 Å². The van der Waals surface area contributed by atoms with E-state index in [2.05, 4.69) is 20.7 Å². The quantitative estimate of drug-likeness (QED) is 0.360. The first kappa shape index (κ1) is 24.9. The third-order valence-corrected chi connectivity index (χ3v) is 7.05. The number of nitrogens with one attached hydrogen (secondary N) is 2. The number of hydrogen-bond donors (Lipinski definition) is 2. The van der Waals surface area contributed by atoms with Gasteiger partial charge in [-0.05, 0) is 66.8 Å². The standard InChI is InChI=1S/C29H30N6O4/c1-38-25-16-22(28(37)34-12-14-39-15-13-34)8-10-24(25)31-29-32-26-11-9-23(18-35(26)33-29)20-4-6-21(7-5-20)27(36)30-17-19-2-3-19/h4-11,16,18-19H,2-3,12-15,17H2,1H3,(H,30,36)(H,31,33). The molecular weight excluding hydrogens is 496 g/mol. The molecular formula is C29H30N6O4. The molecule has 10 heteroatoms. The van der Waals surface area contributed by atoms with Gasteiger partial charge in [0.25, 0.3) is 11.8 Å². The van der Waals surface area contributed by atoms with Crippen LogP contribution in [0.1, 0.15) is 33.6 Å². The van der Waals surface area contributed by atoms with E-state index >= 15 is 0 Å². The van der Waals surface area contributed by atoms with Gasteiger partial charge < -0.3 is 25.0 Å². The first-order chi connectivity index (χ1) is 19.1. The molecule has 1 saturated carbocycles. The van der Waals surface area contributed by atoms with Crippen LogP contribution in [0.15, 0.2) is 60.8 Å². The van der Waals surface area contributed by atoms with Crippen LogP contribution in [0.25, 0.3) is 16.8 Å². The molecule has 2 aliphatic rings. The lowest BCUT2D eigenvalue weighted by Gasteiger charge is -2.27. The molecule has 6 rings (SSSR count). The van der Waals surface area contributed by atoms with Crippen molar-refractivity contribution in [3.05, 3.63) is 71.9 Å². The van der Waals surface area contributed by atoms with Gasteiger partial charge in [-0.3, -0.25) is 9.59 Å². The van der Waals surface area contributed by atoms with E-state index < -0.39 is 0 Å². The Kier molecular flexibility index (Phi) is 6.85. The number of carbonyl (C=O) groups excluding carboxylic acids is 2. The van der Waals surface area contributed by atoms with Crippen molar-refractivity contribution in [1.82, 2.24) is 24.8 Å². The Labute approximate surface area is 225 Å². The molecule has 2 aromatic carbocycles. The average Bonchev–Trinajstić information content (AvgIpc) is 3.73. The van der Waals surface area contributed by atoms with Gasteiger partial charge in [-0.25, -0.2) is 4.52 Å². The minimum Gasteiger partial charge on any atom is -0.495 e. The molecule has 0 bridgehead atoms. The maximum atomic E-state index is 12.9. The van der Waals surface area contributed by atoms with Crippen LogP contribution in [-0.4, -0.2) is 71.3 Å². The number of rotatable bonds is 8. The van der Waals surface area contributed by atoms with Gasteiger partial charge in [0.1, 0.15) is 5.75 Å². The highest BCUT2D eigenvalue weighted by atomic mass is 16.5. The summed E-state index contributed by atoms with van der Waals surface area (Å²) in [6.07, 6.45) is 4.31. The molecule has 2 fully saturated rings. The van der Waals surface area contributed by atoms with Gasteiger partial charge in [-0.15, -0.1) is 5.10 Å². The van der Waals surface area contributed by atoms with Gasteiger partial charge >= 0.3 is 0 Å². The maximum absolute atomic E-state index is 12.9. The predicted octanol–water partition coefficient (Wildman–Crippen LogP) is 3.76. The van der Waals surface area contributed by atoms with E-state index in [9.17, 15) is 9.59 Å². The average molecular weight is 527 g/mol. The maximum Gasteiger partial charge on any atom is 0.254 e. The lowest BCUT2D eigenvalue weighted by Crippen LogP contribution is -2.40. The molecule has 3 heterocycles. The van der Waals surface area contributed by atoms with Crippen molar-refractivity contribution in [2.75, 3.05) is 45.3 Å². The number of pyridine rings is 1. The van der Waals surface area contributed by atoms with Gasteiger partial charge in [-0.2, -0.15) is 4.98 Å². The third-order valence-electron chi connectivity index (χ3n) is 7.05. The summed E-state index contributed by atoms with van der Waals surface area (Å²) >= 11 is 0. The molecule has 10 nitrogen and oxygen atoms in total. The van der Waals surface area contributed by atoms with E-state index in [0.29, 0.717) is 66.4 Å². The zero-order valence-electron chi connectivity index (χ0n) is 21.7. The molecule has 0 spiro atoms. The second kappa shape index (κ2) is 10.7. The molecule has 1 aliphatic heterocycles. The van der Waals surface area contributed by atoms with Crippen molar-refractivity contribution in [3.63, 3.8) is 0 Å². The number of nitrogens with zero attached hydrogens (tertiary/aromatic N) is 4. The van der Waals surface area contributed by atoms with E-state index in [0.717, 1.165) is 17.7 Å². The Balaban J connectivity index is 1.16. The number of morpholine rings is 1. The van der Waals surface area contributed by atoms with Crippen molar-refractivity contribution in [2.45, 2.75) is 12.8 Å². The number of benzene rings is 2. The summed E-state index contributed by atoms with van der Waals surface area (Å²) in [5, 5.41) is 10.8. The normalized spacial score (nSPS) is 15.3. The van der Waals surface area contributed by atoms with E-state index in [4.69, 9.17) is 9.47 Å². The van der Waals surface area contributed by atoms with E-state index in [1.807, 2.05) is 42.6 Å². The molecule has 0 radical (unpaired) electrons. The molecule has 2 N–H and O–H groups in total. The van der Waals surface area contributed by atoms with Gasteiger partial charge in [-0.1, -0.05) is 12.1 Å². The van der Waals surface area contributed by atoms with Crippen molar-refractivity contribution in [3.8, 4) is 16.9 Å². The minimum absolute atomic E-state index is 0.0372. The van der Waals surface area contributed by atoms with Crippen molar-refractivity contribution < 1.29 is 19.1 Å². The molecule has 1 aliphatic carbocycles. The third kappa shape index (κ3) is 5.56. The highest BCUT2D eigenvalue weighted by Gasteiger charge is 2.22. The first-order valence-corrected chi connectivity index (χ1v) is 13.1. The molecule has 39 heavy (non-hydrogen) atoms. The lowest BCUT2D eigenvalue weighted by molar-refractivity contribution is 0.0302. The number of carbonyl (C=O) groups is 2. The molecule has 4 aromatic rings. The SMILES string of the molecule is COc1cc(C(=O)N2CCOCC2)ccc1Nc1nc2ccc(-c3ccc(C(=O)NCC4CC4)cc3)cn2n1. The summed E-state index contributed by atoms with van der Waals surface area (Å²) in [6, 6.07) is 16.7. The molecule has 0 atom stereocenters. The van der Waals surface area contributed by atoms with E-state index in [1.54, 1.807) is 34.7 Å². The summed E-state index contributed by atoms with van der Waals surface area (Å²) in [4.78, 5) is 31.6. The summed E-state index contributed by atoms with van der Waals surface area (Å²) in [5.74, 6) is 1.49. The van der Waals surface area contributed by atoms with Crippen LogP contribution in [0.4, 0.5) is 11.6 Å². The molecule has 1 saturated heterocycles. The summed E-state index contributed by atoms with van der Waals surface area (Å²) in [6.45, 7) is 3.00. The smallest absolute Gasteiger partial charge is 0.254 e. The largest absolute Gasteiger partial charge is 0.495 e. The van der Waals surface area contributed by atoms with Gasteiger partial charge in [0.15, 0.2) is 5.65 Å². The van der Waals surface area contributed by atoms with Gasteiger partial charge in [0, 0.05) is 42.5 Å². The van der Waals surface area contributed by atoms with Crippen LogP contribution in [0.3, 0.4) is 0 Å². The lowest BCUT2D eigenvalue weighted by atomic mass is 10.1. The Morgan fingerprint density at radius 3 is 2.49 bits per heavy atom. The highest BCUT2D eigenvalue weighted by molar-refractivity contribution is 5.96. The number of aromatic nitrogens is 3. The summed E-state index contributed by atoms with van der Waals surface area (Å²) in [7, 11) is 1.56. The molecule has 200 valence electrons. The second-order valence-electron chi connectivity index (χ2n) is 9.83. The molecule has 2 aromatic heterocycles. The number of methoxy groups -OCH3 is 1. The fourth-order valence-electron chi connectivity index (χ4n) is 4.58. The van der Waals surface area contributed by atoms with Crippen LogP contribution < -0.4 is 15.4 Å². The van der Waals surface area contributed by atoms with Crippen LogP contribution >= 0.6 is 0 Å². The fraction of sp³-hybridized carbons (Fsp3) is 0.310. The van der Waals surface area contributed by atoms with Crippen molar-refractivity contribution >= 4 is 29.1 Å². The first-order valence-electron chi connectivity index (χ1n) is 13.1. The number of anilines is 2. The Hall–Kier alpha value is -4.44. The predicted molar refractivity (Wildman–Crippen MR) is 146 cm³/mol. The topological polar surface area (TPSA) is 110 Å². The Bertz CT molecular complexity index is 1510.